The van der Waals surface area contributed by atoms with Gasteiger partial charge in [0.05, 0.1) is 5.69 Å². The van der Waals surface area contributed by atoms with Gasteiger partial charge < -0.3 is 4.57 Å². The Morgan fingerprint density at radius 2 is 1.62 bits per heavy atom. The fraction of sp³-hybridized carbons (Fsp3) is 0.421. The fourth-order valence-electron chi connectivity index (χ4n) is 1.79. The Bertz CT molecular complexity index is 496. The van der Waals surface area contributed by atoms with Gasteiger partial charge in [-0.05, 0) is 19.4 Å². The van der Waals surface area contributed by atoms with Crippen LogP contribution in [0.25, 0.3) is 17.3 Å². The van der Waals surface area contributed by atoms with E-state index in [9.17, 15) is 0 Å². The molecule has 0 saturated carbocycles. The van der Waals surface area contributed by atoms with Gasteiger partial charge in [-0.25, -0.2) is 4.98 Å². The molecule has 2 heteroatoms. The van der Waals surface area contributed by atoms with Gasteiger partial charge in [0, 0.05) is 18.3 Å². The molecule has 1 aromatic heterocycles. The molecule has 0 spiro atoms. The summed E-state index contributed by atoms with van der Waals surface area (Å²) in [4.78, 5) is 4.66. The van der Waals surface area contributed by atoms with Crippen LogP contribution < -0.4 is 0 Å². The molecule has 0 fully saturated rings. The van der Waals surface area contributed by atoms with Crippen molar-refractivity contribution >= 4 is 6.08 Å². The van der Waals surface area contributed by atoms with Crippen molar-refractivity contribution < 1.29 is 0 Å². The number of rotatable bonds is 4. The Morgan fingerprint density at radius 1 is 1.00 bits per heavy atom. The molecular formula is C19H30N2. The number of aryl methyl sites for hydroxylation is 1. The summed E-state index contributed by atoms with van der Waals surface area (Å²) in [5, 5.41) is 0. The molecule has 0 amide bonds. The Labute approximate surface area is 130 Å². The molecule has 1 heterocycles. The second-order valence-electron chi connectivity index (χ2n) is 3.95. The highest BCUT2D eigenvalue weighted by Gasteiger charge is 2.05. The molecule has 0 unspecified atom stereocenters. The first-order valence-corrected chi connectivity index (χ1v) is 8.14. The normalized spacial score (nSPS) is 9.62. The quantitative estimate of drug-likeness (QED) is 0.669. The Balaban J connectivity index is 0.000000921. The molecular weight excluding hydrogens is 256 g/mol. The van der Waals surface area contributed by atoms with Crippen LogP contribution >= 0.6 is 0 Å². The lowest BCUT2D eigenvalue weighted by Gasteiger charge is -1.97. The van der Waals surface area contributed by atoms with E-state index in [2.05, 4.69) is 53.9 Å². The smallest absolute Gasteiger partial charge is 0.132 e. The van der Waals surface area contributed by atoms with Gasteiger partial charge in [-0.15, -0.1) is 0 Å². The van der Waals surface area contributed by atoms with E-state index in [0.717, 1.165) is 24.5 Å². The number of aromatic nitrogens is 2. The molecule has 0 atom stereocenters. The van der Waals surface area contributed by atoms with Crippen molar-refractivity contribution in [3.63, 3.8) is 0 Å². The molecule has 0 radical (unpaired) electrons. The molecule has 2 rings (SSSR count). The lowest BCUT2D eigenvalue weighted by atomic mass is 10.2. The third-order valence-corrected chi connectivity index (χ3v) is 2.72. The second kappa shape index (κ2) is 12.0. The highest BCUT2D eigenvalue weighted by molar-refractivity contribution is 5.60. The van der Waals surface area contributed by atoms with Crippen LogP contribution in [-0.4, -0.2) is 9.55 Å². The Hall–Kier alpha value is -1.83. The molecule has 116 valence electrons. The Morgan fingerprint density at radius 3 is 2.14 bits per heavy atom. The van der Waals surface area contributed by atoms with Crippen molar-refractivity contribution in [2.75, 3.05) is 0 Å². The van der Waals surface area contributed by atoms with Crippen LogP contribution in [0.2, 0.25) is 0 Å². The third-order valence-electron chi connectivity index (χ3n) is 2.72. The second-order valence-corrected chi connectivity index (χ2v) is 3.95. The molecule has 2 nitrogen and oxygen atoms in total. The maximum Gasteiger partial charge on any atom is 0.132 e. The highest BCUT2D eigenvalue weighted by atomic mass is 15.1. The average molecular weight is 286 g/mol. The van der Waals surface area contributed by atoms with Crippen LogP contribution in [0.1, 0.15) is 53.8 Å². The molecule has 0 N–H and O–H groups in total. The summed E-state index contributed by atoms with van der Waals surface area (Å²) in [6, 6.07) is 10.3. The zero-order chi connectivity index (χ0) is 16.1. The van der Waals surface area contributed by atoms with Crippen molar-refractivity contribution in [3.05, 3.63) is 48.4 Å². The lowest BCUT2D eigenvalue weighted by molar-refractivity contribution is 0.752. The molecule has 0 saturated heterocycles. The minimum absolute atomic E-state index is 0.948. The number of allylic oxidation sites excluding steroid dienone is 1. The first-order chi connectivity index (χ1) is 10.3. The monoisotopic (exact) mass is 286 g/mol. The molecule has 0 aliphatic heterocycles. The van der Waals surface area contributed by atoms with Crippen LogP contribution in [0.4, 0.5) is 0 Å². The van der Waals surface area contributed by atoms with Crippen molar-refractivity contribution in [1.29, 1.82) is 0 Å². The van der Waals surface area contributed by atoms with Crippen molar-refractivity contribution in [3.8, 4) is 11.3 Å². The molecule has 0 aliphatic carbocycles. The van der Waals surface area contributed by atoms with E-state index in [1.54, 1.807) is 0 Å². The first kappa shape index (κ1) is 19.2. The van der Waals surface area contributed by atoms with Gasteiger partial charge in [0.15, 0.2) is 0 Å². The fourth-order valence-corrected chi connectivity index (χ4v) is 1.79. The van der Waals surface area contributed by atoms with E-state index >= 15 is 0 Å². The van der Waals surface area contributed by atoms with Gasteiger partial charge in [-0.2, -0.15) is 0 Å². The van der Waals surface area contributed by atoms with Crippen molar-refractivity contribution in [1.82, 2.24) is 9.55 Å². The minimum Gasteiger partial charge on any atom is -0.331 e. The zero-order valence-electron chi connectivity index (χ0n) is 14.4. The van der Waals surface area contributed by atoms with E-state index < -0.39 is 0 Å². The predicted octanol–water partition coefficient (Wildman–Crippen LogP) is 6.05. The number of imidazole rings is 1. The summed E-state index contributed by atoms with van der Waals surface area (Å²) in [5.41, 5.74) is 2.22. The van der Waals surface area contributed by atoms with E-state index in [0.29, 0.717) is 0 Å². The summed E-state index contributed by atoms with van der Waals surface area (Å²) in [5.74, 6) is 1.04. The zero-order valence-corrected chi connectivity index (χ0v) is 14.4. The van der Waals surface area contributed by atoms with Crippen LogP contribution in [-0.2, 0) is 6.54 Å². The number of hydrogen-bond acceptors (Lipinski definition) is 1. The standard InChI is InChI=1S/C15H18N2.2C2H6/c1-3-5-11-15-16-14(12-17(15)4-2)13-9-7-6-8-10-13;2*1-2/h5-12H,3-4H2,1-2H3;2*1-2H3/b11-5-;;. The number of nitrogens with zero attached hydrogens (tertiary/aromatic N) is 2. The van der Waals surface area contributed by atoms with E-state index in [1.807, 2.05) is 45.9 Å². The van der Waals surface area contributed by atoms with Crippen LogP contribution in [0.5, 0.6) is 0 Å². The Kier molecular flexibility index (Phi) is 10.9. The summed E-state index contributed by atoms with van der Waals surface area (Å²) >= 11 is 0. The van der Waals surface area contributed by atoms with Crippen molar-refractivity contribution in [2.24, 2.45) is 0 Å². The maximum atomic E-state index is 4.66. The highest BCUT2D eigenvalue weighted by Crippen LogP contribution is 2.19. The van der Waals surface area contributed by atoms with Gasteiger partial charge in [-0.1, -0.05) is 71.0 Å². The van der Waals surface area contributed by atoms with Gasteiger partial charge in [0.1, 0.15) is 5.82 Å². The summed E-state index contributed by atoms with van der Waals surface area (Å²) in [7, 11) is 0. The lowest BCUT2D eigenvalue weighted by Crippen LogP contribution is -1.94. The minimum atomic E-state index is 0.948. The van der Waals surface area contributed by atoms with Crippen LogP contribution in [0.3, 0.4) is 0 Å². The van der Waals surface area contributed by atoms with Gasteiger partial charge in [0.2, 0.25) is 0 Å². The summed E-state index contributed by atoms with van der Waals surface area (Å²) in [6.45, 7) is 13.2. The number of hydrogen-bond donors (Lipinski definition) is 0. The first-order valence-electron chi connectivity index (χ1n) is 8.14. The molecule has 0 aliphatic rings. The maximum absolute atomic E-state index is 4.66. The molecule has 2 aromatic rings. The summed E-state index contributed by atoms with van der Waals surface area (Å²) in [6.07, 6.45) is 7.39. The largest absolute Gasteiger partial charge is 0.331 e. The van der Waals surface area contributed by atoms with Crippen molar-refractivity contribution in [2.45, 2.75) is 54.5 Å². The molecule has 21 heavy (non-hydrogen) atoms. The average Bonchev–Trinajstić information content (AvgIpc) is 3.00. The SMILES string of the molecule is CC.CC.CC/C=C\c1nc(-c2ccccc2)cn1CC. The summed E-state index contributed by atoms with van der Waals surface area (Å²) < 4.78 is 2.18. The third kappa shape index (κ3) is 5.99. The van der Waals surface area contributed by atoms with E-state index in [4.69, 9.17) is 0 Å². The molecule has 1 aromatic carbocycles. The number of benzene rings is 1. The van der Waals surface area contributed by atoms with E-state index in [1.165, 1.54) is 5.56 Å². The predicted molar refractivity (Wildman–Crippen MR) is 95.4 cm³/mol. The molecule has 0 bridgehead atoms. The topological polar surface area (TPSA) is 17.8 Å². The van der Waals surface area contributed by atoms with Crippen LogP contribution in [0.15, 0.2) is 42.6 Å². The van der Waals surface area contributed by atoms with Gasteiger partial charge in [0.25, 0.3) is 0 Å². The van der Waals surface area contributed by atoms with E-state index in [-0.39, 0.29) is 0 Å². The van der Waals surface area contributed by atoms with Gasteiger partial charge >= 0.3 is 0 Å². The van der Waals surface area contributed by atoms with Crippen LogP contribution in [0, 0.1) is 0 Å². The van der Waals surface area contributed by atoms with Gasteiger partial charge in [-0.3, -0.25) is 0 Å².